The van der Waals surface area contributed by atoms with Crippen molar-refractivity contribution in [1.29, 1.82) is 0 Å². The Kier molecular flexibility index (Phi) is 5.51. The number of benzene rings is 1. The molecule has 134 valence electrons. The van der Waals surface area contributed by atoms with E-state index in [4.69, 9.17) is 4.74 Å². The molecule has 1 aliphatic carbocycles. The van der Waals surface area contributed by atoms with Crippen LogP contribution in [0.25, 0.3) is 0 Å². The fourth-order valence-corrected chi connectivity index (χ4v) is 4.07. The van der Waals surface area contributed by atoms with E-state index in [1.165, 1.54) is 11.8 Å². The van der Waals surface area contributed by atoms with Crippen LogP contribution in [0.1, 0.15) is 44.6 Å². The second kappa shape index (κ2) is 7.81. The van der Waals surface area contributed by atoms with Gasteiger partial charge in [-0.25, -0.2) is 9.69 Å². The van der Waals surface area contributed by atoms with Crippen molar-refractivity contribution in [3.05, 3.63) is 35.9 Å². The predicted octanol–water partition coefficient (Wildman–Crippen LogP) is 3.36. The maximum Gasteiger partial charge on any atom is 0.416 e. The number of hydrogen-bond donors (Lipinski definition) is 0. The Balaban J connectivity index is 1.78. The average Bonchev–Trinajstić information content (AvgIpc) is 3.23. The third kappa shape index (κ3) is 4.09. The molecular weight excluding hydrogens is 318 g/mol. The van der Waals surface area contributed by atoms with Gasteiger partial charge >= 0.3 is 6.09 Å². The van der Waals surface area contributed by atoms with E-state index in [2.05, 4.69) is 0 Å². The lowest BCUT2D eigenvalue weighted by Crippen LogP contribution is -2.45. The zero-order valence-corrected chi connectivity index (χ0v) is 14.6. The Morgan fingerprint density at radius 1 is 1.20 bits per heavy atom. The first-order valence-electron chi connectivity index (χ1n) is 9.09. The van der Waals surface area contributed by atoms with E-state index >= 15 is 0 Å². The molecule has 2 fully saturated rings. The van der Waals surface area contributed by atoms with Gasteiger partial charge in [0.25, 0.3) is 0 Å². The summed E-state index contributed by atoms with van der Waals surface area (Å²) in [5.41, 5.74) is 1.06. The predicted molar refractivity (Wildman–Crippen MR) is 92.9 cm³/mol. The van der Waals surface area contributed by atoms with Gasteiger partial charge in [-0.2, -0.15) is 0 Å². The Labute approximate surface area is 148 Å². The molecule has 3 rings (SSSR count). The number of ether oxygens (including phenoxy) is 1. The molecule has 0 radical (unpaired) electrons. The first-order chi connectivity index (χ1) is 12.1. The van der Waals surface area contributed by atoms with Gasteiger partial charge in [-0.1, -0.05) is 43.2 Å². The van der Waals surface area contributed by atoms with Crippen molar-refractivity contribution in [3.8, 4) is 0 Å². The Morgan fingerprint density at radius 2 is 1.88 bits per heavy atom. The SMILES string of the molecule is CC(=O)C[C@@H](C(=O)N1C(=O)OC[C@H]1Cc1ccccc1)C1CCCC1. The van der Waals surface area contributed by atoms with Crippen LogP contribution in [0.3, 0.4) is 0 Å². The van der Waals surface area contributed by atoms with Gasteiger partial charge in [0.2, 0.25) is 5.91 Å². The number of amides is 2. The minimum absolute atomic E-state index is 0.00239. The molecule has 0 aromatic heterocycles. The van der Waals surface area contributed by atoms with E-state index in [1.54, 1.807) is 0 Å². The fourth-order valence-electron chi connectivity index (χ4n) is 4.07. The molecule has 1 aromatic carbocycles. The van der Waals surface area contributed by atoms with Crippen molar-refractivity contribution < 1.29 is 19.1 Å². The molecular formula is C20H25NO4. The van der Waals surface area contributed by atoms with Crippen LogP contribution >= 0.6 is 0 Å². The zero-order chi connectivity index (χ0) is 17.8. The first-order valence-corrected chi connectivity index (χ1v) is 9.09. The molecule has 25 heavy (non-hydrogen) atoms. The number of hydrogen-bond acceptors (Lipinski definition) is 4. The summed E-state index contributed by atoms with van der Waals surface area (Å²) in [6.07, 6.45) is 4.30. The van der Waals surface area contributed by atoms with Crippen LogP contribution in [0.15, 0.2) is 30.3 Å². The lowest BCUT2D eigenvalue weighted by atomic mass is 9.85. The summed E-state index contributed by atoms with van der Waals surface area (Å²) in [5.74, 6) is -0.436. The topological polar surface area (TPSA) is 63.7 Å². The molecule has 0 bridgehead atoms. The normalized spacial score (nSPS) is 22.0. The molecule has 2 amide bonds. The highest BCUT2D eigenvalue weighted by Gasteiger charge is 2.43. The van der Waals surface area contributed by atoms with Gasteiger partial charge in [0, 0.05) is 12.3 Å². The molecule has 0 unspecified atom stereocenters. The van der Waals surface area contributed by atoms with Crippen molar-refractivity contribution in [3.63, 3.8) is 0 Å². The first kappa shape index (κ1) is 17.6. The minimum Gasteiger partial charge on any atom is -0.447 e. The molecule has 1 saturated heterocycles. The summed E-state index contributed by atoms with van der Waals surface area (Å²) in [5, 5.41) is 0. The quantitative estimate of drug-likeness (QED) is 0.794. The molecule has 2 atom stereocenters. The Hall–Kier alpha value is -2.17. The summed E-state index contributed by atoms with van der Waals surface area (Å²) < 4.78 is 5.17. The van der Waals surface area contributed by atoms with Crippen LogP contribution in [-0.4, -0.2) is 35.3 Å². The summed E-state index contributed by atoms with van der Waals surface area (Å²) in [6.45, 7) is 1.73. The molecule has 0 spiro atoms. The molecule has 1 aromatic rings. The van der Waals surface area contributed by atoms with Crippen LogP contribution < -0.4 is 0 Å². The van der Waals surface area contributed by atoms with E-state index in [0.29, 0.717) is 6.42 Å². The number of carbonyl (C=O) groups excluding carboxylic acids is 3. The maximum atomic E-state index is 13.2. The van der Waals surface area contributed by atoms with Gasteiger partial charge in [0.1, 0.15) is 12.4 Å². The van der Waals surface area contributed by atoms with Crippen LogP contribution in [0.4, 0.5) is 4.79 Å². The van der Waals surface area contributed by atoms with Gasteiger partial charge in [-0.15, -0.1) is 0 Å². The van der Waals surface area contributed by atoms with Crippen molar-refractivity contribution in [2.75, 3.05) is 6.61 Å². The molecule has 1 heterocycles. The monoisotopic (exact) mass is 343 g/mol. The highest BCUT2D eigenvalue weighted by atomic mass is 16.6. The smallest absolute Gasteiger partial charge is 0.416 e. The van der Waals surface area contributed by atoms with Gasteiger partial charge in [0.05, 0.1) is 6.04 Å². The number of rotatable bonds is 6. The van der Waals surface area contributed by atoms with Gasteiger partial charge in [-0.05, 0) is 37.7 Å². The molecule has 0 N–H and O–H groups in total. The van der Waals surface area contributed by atoms with Crippen LogP contribution in [0.2, 0.25) is 0 Å². The molecule has 2 aliphatic rings. The van der Waals surface area contributed by atoms with E-state index in [-0.39, 0.29) is 36.7 Å². The number of carbonyl (C=O) groups is 3. The van der Waals surface area contributed by atoms with Crippen molar-refractivity contribution in [2.24, 2.45) is 11.8 Å². The zero-order valence-electron chi connectivity index (χ0n) is 14.6. The lowest BCUT2D eigenvalue weighted by Gasteiger charge is -2.28. The largest absolute Gasteiger partial charge is 0.447 e. The van der Waals surface area contributed by atoms with Crippen molar-refractivity contribution in [2.45, 2.75) is 51.5 Å². The third-order valence-corrected chi connectivity index (χ3v) is 5.31. The van der Waals surface area contributed by atoms with E-state index < -0.39 is 12.0 Å². The summed E-state index contributed by atoms with van der Waals surface area (Å²) >= 11 is 0. The number of cyclic esters (lactones) is 1. The van der Waals surface area contributed by atoms with Crippen molar-refractivity contribution >= 4 is 17.8 Å². The molecule has 5 heteroatoms. The summed E-state index contributed by atoms with van der Waals surface area (Å²) in [6, 6.07) is 9.49. The molecule has 5 nitrogen and oxygen atoms in total. The van der Waals surface area contributed by atoms with Crippen molar-refractivity contribution in [1.82, 2.24) is 4.90 Å². The minimum atomic E-state index is -0.572. The number of ketones is 1. The number of Topliss-reactive ketones (excluding diaryl/α,β-unsaturated/α-hetero) is 1. The van der Waals surface area contributed by atoms with Gasteiger partial charge in [-0.3, -0.25) is 4.79 Å². The number of imide groups is 1. The highest BCUT2D eigenvalue weighted by Crippen LogP contribution is 2.35. The molecule has 1 saturated carbocycles. The summed E-state index contributed by atoms with van der Waals surface area (Å²) in [7, 11) is 0. The third-order valence-electron chi connectivity index (χ3n) is 5.31. The van der Waals surface area contributed by atoms with E-state index in [1.807, 2.05) is 30.3 Å². The van der Waals surface area contributed by atoms with Crippen LogP contribution in [0.5, 0.6) is 0 Å². The Morgan fingerprint density at radius 3 is 2.52 bits per heavy atom. The Bertz CT molecular complexity index is 636. The second-order valence-electron chi connectivity index (χ2n) is 7.19. The van der Waals surface area contributed by atoms with E-state index in [0.717, 1.165) is 31.2 Å². The van der Waals surface area contributed by atoms with Gasteiger partial charge < -0.3 is 9.53 Å². The van der Waals surface area contributed by atoms with Crippen LogP contribution in [-0.2, 0) is 20.7 Å². The van der Waals surface area contributed by atoms with Crippen LogP contribution in [0, 0.1) is 11.8 Å². The summed E-state index contributed by atoms with van der Waals surface area (Å²) in [4.78, 5) is 38.3. The highest BCUT2D eigenvalue weighted by molar-refractivity contribution is 5.96. The van der Waals surface area contributed by atoms with E-state index in [9.17, 15) is 14.4 Å². The second-order valence-corrected chi connectivity index (χ2v) is 7.19. The molecule has 1 aliphatic heterocycles. The maximum absolute atomic E-state index is 13.2. The fraction of sp³-hybridized carbons (Fsp3) is 0.550. The standard InChI is InChI=1S/C20H25NO4/c1-14(22)11-18(16-9-5-6-10-16)19(23)21-17(13-25-20(21)24)12-15-7-3-2-4-8-15/h2-4,7-8,16-18H,5-6,9-13H2,1H3/t17-,18-/m1/s1. The lowest BCUT2D eigenvalue weighted by molar-refractivity contribution is -0.137. The number of nitrogens with zero attached hydrogens (tertiary/aromatic N) is 1. The average molecular weight is 343 g/mol. The van der Waals surface area contributed by atoms with Gasteiger partial charge in [0.15, 0.2) is 0 Å².